The van der Waals surface area contributed by atoms with Gasteiger partial charge in [-0.3, -0.25) is 10.1 Å². The topological polar surface area (TPSA) is 106 Å². The van der Waals surface area contributed by atoms with Gasteiger partial charge < -0.3 is 14.2 Å². The van der Waals surface area contributed by atoms with Crippen molar-refractivity contribution in [3.8, 4) is 23.3 Å². The van der Waals surface area contributed by atoms with Crippen LogP contribution in [0.25, 0.3) is 6.08 Å². The van der Waals surface area contributed by atoms with Crippen molar-refractivity contribution >= 4 is 40.4 Å². The second kappa shape index (κ2) is 12.1. The van der Waals surface area contributed by atoms with Crippen LogP contribution < -0.4 is 19.5 Å². The Bertz CT molecular complexity index is 1230. The standard InChI is InChI=1S/C24H24N4O4S2/c1-15-5-7-19(16(2)11-15)31-9-10-32-20-8-6-17(13-21(20)30-3)12-18(14-25)22(29)26-23-27-24(33-4)28-34-23/h5-8,11-13H,9-10H2,1-4H3,(H,26,27,28,29). The molecule has 0 saturated carbocycles. The van der Waals surface area contributed by atoms with E-state index in [-0.39, 0.29) is 5.57 Å². The number of nitriles is 1. The van der Waals surface area contributed by atoms with Crippen LogP contribution in [0.15, 0.2) is 47.1 Å². The molecule has 0 saturated heterocycles. The van der Waals surface area contributed by atoms with Crippen LogP contribution in [0.5, 0.6) is 17.2 Å². The van der Waals surface area contributed by atoms with Crippen molar-refractivity contribution < 1.29 is 19.0 Å². The molecule has 0 aliphatic heterocycles. The molecule has 1 N–H and O–H groups in total. The maximum atomic E-state index is 12.5. The summed E-state index contributed by atoms with van der Waals surface area (Å²) in [5.74, 6) is 1.27. The van der Waals surface area contributed by atoms with Crippen molar-refractivity contribution in [1.29, 1.82) is 5.26 Å². The largest absolute Gasteiger partial charge is 0.493 e. The fourth-order valence-electron chi connectivity index (χ4n) is 2.98. The van der Waals surface area contributed by atoms with Gasteiger partial charge in [-0.2, -0.15) is 14.6 Å². The number of amides is 1. The minimum atomic E-state index is -0.561. The Morgan fingerprint density at radius 3 is 2.53 bits per heavy atom. The van der Waals surface area contributed by atoms with Gasteiger partial charge in [0.1, 0.15) is 30.6 Å². The van der Waals surface area contributed by atoms with E-state index in [1.807, 2.05) is 38.3 Å². The van der Waals surface area contributed by atoms with Crippen LogP contribution in [0.3, 0.4) is 0 Å². The lowest BCUT2D eigenvalue weighted by Gasteiger charge is -2.13. The maximum absolute atomic E-state index is 12.5. The van der Waals surface area contributed by atoms with Gasteiger partial charge in [-0.1, -0.05) is 35.5 Å². The molecule has 0 fully saturated rings. The molecular formula is C24H24N4O4S2. The number of thioether (sulfide) groups is 1. The third-order valence-corrected chi connectivity index (χ3v) is 5.90. The lowest BCUT2D eigenvalue weighted by Crippen LogP contribution is -2.13. The zero-order valence-electron chi connectivity index (χ0n) is 19.2. The summed E-state index contributed by atoms with van der Waals surface area (Å²) in [6.45, 7) is 4.74. The summed E-state index contributed by atoms with van der Waals surface area (Å²) in [5.41, 5.74) is 2.80. The molecule has 3 aromatic rings. The van der Waals surface area contributed by atoms with Gasteiger partial charge in [0.2, 0.25) is 10.3 Å². The molecule has 1 aromatic heterocycles. The molecule has 3 rings (SSSR count). The molecule has 0 atom stereocenters. The Kier molecular flexibility index (Phi) is 8.90. The maximum Gasteiger partial charge on any atom is 0.268 e. The number of nitrogens with zero attached hydrogens (tertiary/aromatic N) is 3. The second-order valence-corrected chi connectivity index (χ2v) is 8.61. The van der Waals surface area contributed by atoms with E-state index < -0.39 is 5.91 Å². The third-order valence-electron chi connectivity index (χ3n) is 4.60. The Labute approximate surface area is 206 Å². The Balaban J connectivity index is 1.62. The molecular weight excluding hydrogens is 472 g/mol. The number of hydrogen-bond acceptors (Lipinski definition) is 9. The highest BCUT2D eigenvalue weighted by molar-refractivity contribution is 7.98. The number of aromatic nitrogens is 2. The molecule has 1 amide bonds. The zero-order chi connectivity index (χ0) is 24.5. The SMILES string of the molecule is COc1cc(C=C(C#N)C(=O)Nc2nc(SC)ns2)ccc1OCCOc1ccc(C)cc1C. The molecule has 0 bridgehead atoms. The van der Waals surface area contributed by atoms with E-state index in [0.29, 0.717) is 40.6 Å². The smallest absolute Gasteiger partial charge is 0.268 e. The van der Waals surface area contributed by atoms with Crippen molar-refractivity contribution in [1.82, 2.24) is 9.36 Å². The minimum Gasteiger partial charge on any atom is -0.493 e. The van der Waals surface area contributed by atoms with E-state index in [4.69, 9.17) is 14.2 Å². The van der Waals surface area contributed by atoms with Gasteiger partial charge in [0.25, 0.3) is 5.91 Å². The highest BCUT2D eigenvalue weighted by Gasteiger charge is 2.14. The average molecular weight is 497 g/mol. The number of methoxy groups -OCH3 is 1. The summed E-state index contributed by atoms with van der Waals surface area (Å²) in [6.07, 6.45) is 3.31. The number of nitrogens with one attached hydrogen (secondary N) is 1. The summed E-state index contributed by atoms with van der Waals surface area (Å²) in [6, 6.07) is 13.1. The lowest BCUT2D eigenvalue weighted by atomic mass is 10.1. The number of anilines is 1. The molecule has 1 heterocycles. The Morgan fingerprint density at radius 2 is 1.88 bits per heavy atom. The van der Waals surface area contributed by atoms with Crippen molar-refractivity contribution in [2.24, 2.45) is 0 Å². The van der Waals surface area contributed by atoms with Gasteiger partial charge in [-0.05, 0) is 55.5 Å². The van der Waals surface area contributed by atoms with E-state index in [1.165, 1.54) is 30.5 Å². The normalized spacial score (nSPS) is 11.0. The summed E-state index contributed by atoms with van der Waals surface area (Å²) < 4.78 is 21.1. The quantitative estimate of drug-likeness (QED) is 0.183. The van der Waals surface area contributed by atoms with Gasteiger partial charge in [-0.25, -0.2) is 0 Å². The first-order valence-corrected chi connectivity index (χ1v) is 12.2. The van der Waals surface area contributed by atoms with E-state index >= 15 is 0 Å². The summed E-state index contributed by atoms with van der Waals surface area (Å²) in [7, 11) is 1.53. The average Bonchev–Trinajstić information content (AvgIpc) is 3.29. The van der Waals surface area contributed by atoms with Crippen LogP contribution in [-0.2, 0) is 4.79 Å². The Morgan fingerprint density at radius 1 is 1.15 bits per heavy atom. The van der Waals surface area contributed by atoms with E-state index in [0.717, 1.165) is 22.8 Å². The molecule has 176 valence electrons. The van der Waals surface area contributed by atoms with Crippen molar-refractivity contribution in [2.45, 2.75) is 19.0 Å². The van der Waals surface area contributed by atoms with Crippen LogP contribution in [-0.4, -0.2) is 41.8 Å². The highest BCUT2D eigenvalue weighted by atomic mass is 32.2. The van der Waals surface area contributed by atoms with Crippen molar-refractivity contribution in [2.75, 3.05) is 31.9 Å². The summed E-state index contributed by atoms with van der Waals surface area (Å²) >= 11 is 2.43. The number of ether oxygens (including phenoxy) is 3. The summed E-state index contributed by atoms with van der Waals surface area (Å²) in [4.78, 5) is 16.6. The Hall–Kier alpha value is -3.55. The molecule has 0 unspecified atom stereocenters. The predicted octanol–water partition coefficient (Wildman–Crippen LogP) is 4.89. The first-order chi connectivity index (χ1) is 16.4. The van der Waals surface area contributed by atoms with Crippen molar-refractivity contribution in [3.63, 3.8) is 0 Å². The number of carbonyl (C=O) groups is 1. The van der Waals surface area contributed by atoms with Gasteiger partial charge in [0.05, 0.1) is 7.11 Å². The van der Waals surface area contributed by atoms with Gasteiger partial charge in [0.15, 0.2) is 11.5 Å². The van der Waals surface area contributed by atoms with E-state index in [9.17, 15) is 10.1 Å². The number of carbonyl (C=O) groups excluding carboxylic acids is 1. The highest BCUT2D eigenvalue weighted by Crippen LogP contribution is 2.29. The lowest BCUT2D eigenvalue weighted by molar-refractivity contribution is -0.112. The molecule has 2 aromatic carbocycles. The van der Waals surface area contributed by atoms with Gasteiger partial charge >= 0.3 is 0 Å². The molecule has 0 radical (unpaired) electrons. The van der Waals surface area contributed by atoms with Crippen LogP contribution in [0.2, 0.25) is 0 Å². The first-order valence-electron chi connectivity index (χ1n) is 10.2. The van der Waals surface area contributed by atoms with Crippen LogP contribution in [0.4, 0.5) is 5.13 Å². The monoisotopic (exact) mass is 496 g/mol. The van der Waals surface area contributed by atoms with Crippen LogP contribution in [0.1, 0.15) is 16.7 Å². The molecule has 0 aliphatic carbocycles. The van der Waals surface area contributed by atoms with E-state index in [2.05, 4.69) is 20.7 Å². The number of aryl methyl sites for hydroxylation is 2. The second-order valence-electron chi connectivity index (χ2n) is 7.09. The van der Waals surface area contributed by atoms with Gasteiger partial charge in [0, 0.05) is 11.5 Å². The molecule has 8 nitrogen and oxygen atoms in total. The third kappa shape index (κ3) is 6.73. The van der Waals surface area contributed by atoms with Crippen LogP contribution >= 0.6 is 23.3 Å². The number of hydrogen-bond donors (Lipinski definition) is 1. The first kappa shape index (κ1) is 25.1. The fourth-order valence-corrected chi connectivity index (χ4v) is 4.10. The molecule has 0 spiro atoms. The van der Waals surface area contributed by atoms with Crippen LogP contribution in [0, 0.1) is 25.2 Å². The molecule has 10 heteroatoms. The minimum absolute atomic E-state index is 0.0708. The molecule has 0 aliphatic rings. The van der Waals surface area contributed by atoms with E-state index in [1.54, 1.807) is 18.2 Å². The van der Waals surface area contributed by atoms with Crippen molar-refractivity contribution in [3.05, 3.63) is 58.7 Å². The zero-order valence-corrected chi connectivity index (χ0v) is 20.9. The summed E-state index contributed by atoms with van der Waals surface area (Å²) in [5, 5.41) is 12.9. The predicted molar refractivity (Wildman–Crippen MR) is 134 cm³/mol. The fraction of sp³-hybridized carbons (Fsp3) is 0.250. The number of rotatable bonds is 10. The number of benzene rings is 2. The molecule has 34 heavy (non-hydrogen) atoms. The van der Waals surface area contributed by atoms with Gasteiger partial charge in [-0.15, -0.1) is 0 Å².